The molecule has 0 aromatic heterocycles. The number of hydrogen-bond acceptors (Lipinski definition) is 5. The monoisotopic (exact) mass is 253 g/mol. The fraction of sp³-hybridized carbons (Fsp3) is 0.417. The molecule has 0 heterocycles. The maximum absolute atomic E-state index is 11.4. The molecule has 0 radical (unpaired) electrons. The molecule has 0 saturated heterocycles. The van der Waals surface area contributed by atoms with Gasteiger partial charge in [-0.1, -0.05) is 13.8 Å². The SMILES string of the molecule is CC(C)[C@@H](C)OC(=O)Oc1ccc([N+](=O)[O-])cc1. The molecule has 0 saturated carbocycles. The molecular formula is C12H15NO5. The third-order valence-electron chi connectivity index (χ3n) is 2.47. The van der Waals surface area contributed by atoms with Crippen LogP contribution in [0.5, 0.6) is 5.75 Å². The Morgan fingerprint density at radius 3 is 2.22 bits per heavy atom. The highest BCUT2D eigenvalue weighted by Crippen LogP contribution is 2.18. The summed E-state index contributed by atoms with van der Waals surface area (Å²) in [6.45, 7) is 5.61. The highest BCUT2D eigenvalue weighted by Gasteiger charge is 2.15. The van der Waals surface area contributed by atoms with Gasteiger partial charge in [-0.05, 0) is 25.0 Å². The van der Waals surface area contributed by atoms with Crippen molar-refractivity contribution in [3.05, 3.63) is 34.4 Å². The molecule has 6 nitrogen and oxygen atoms in total. The summed E-state index contributed by atoms with van der Waals surface area (Å²) >= 11 is 0. The molecule has 0 aliphatic heterocycles. The summed E-state index contributed by atoms with van der Waals surface area (Å²) in [5.41, 5.74) is -0.0636. The molecule has 1 rings (SSSR count). The zero-order chi connectivity index (χ0) is 13.7. The summed E-state index contributed by atoms with van der Waals surface area (Å²) in [7, 11) is 0. The van der Waals surface area contributed by atoms with Gasteiger partial charge in [0.05, 0.1) is 4.92 Å². The Balaban J connectivity index is 2.57. The van der Waals surface area contributed by atoms with Crippen molar-refractivity contribution < 1.29 is 19.2 Å². The fourth-order valence-corrected chi connectivity index (χ4v) is 1.04. The van der Waals surface area contributed by atoms with Crippen molar-refractivity contribution in [1.29, 1.82) is 0 Å². The van der Waals surface area contributed by atoms with E-state index in [0.717, 1.165) is 0 Å². The molecule has 0 aliphatic carbocycles. The van der Waals surface area contributed by atoms with E-state index in [4.69, 9.17) is 9.47 Å². The Morgan fingerprint density at radius 1 is 1.22 bits per heavy atom. The van der Waals surface area contributed by atoms with Gasteiger partial charge >= 0.3 is 6.16 Å². The summed E-state index contributed by atoms with van der Waals surface area (Å²) in [6.07, 6.45) is -1.07. The highest BCUT2D eigenvalue weighted by atomic mass is 16.7. The minimum Gasteiger partial charge on any atom is -0.431 e. The van der Waals surface area contributed by atoms with Crippen LogP contribution in [0.4, 0.5) is 10.5 Å². The number of nitrogens with zero attached hydrogens (tertiary/aromatic N) is 1. The van der Waals surface area contributed by atoms with Crippen molar-refractivity contribution in [2.24, 2.45) is 5.92 Å². The van der Waals surface area contributed by atoms with Gasteiger partial charge in [-0.3, -0.25) is 10.1 Å². The number of carbonyl (C=O) groups excluding carboxylic acids is 1. The first-order chi connectivity index (χ1) is 8.40. The van der Waals surface area contributed by atoms with Crippen LogP contribution in [0.25, 0.3) is 0 Å². The normalized spacial score (nSPS) is 12.0. The predicted octanol–water partition coefficient (Wildman–Crippen LogP) is 3.15. The van der Waals surface area contributed by atoms with E-state index >= 15 is 0 Å². The molecule has 1 aromatic rings. The maximum Gasteiger partial charge on any atom is 0.514 e. The van der Waals surface area contributed by atoms with Crippen LogP contribution >= 0.6 is 0 Å². The summed E-state index contributed by atoms with van der Waals surface area (Å²) in [6, 6.07) is 5.21. The van der Waals surface area contributed by atoms with E-state index in [1.807, 2.05) is 13.8 Å². The number of nitro benzene ring substituents is 1. The molecule has 1 atom stereocenters. The first-order valence-electron chi connectivity index (χ1n) is 5.53. The Hall–Kier alpha value is -2.11. The van der Waals surface area contributed by atoms with Crippen LogP contribution in [0.1, 0.15) is 20.8 Å². The summed E-state index contributed by atoms with van der Waals surface area (Å²) in [5.74, 6) is 0.399. The zero-order valence-electron chi connectivity index (χ0n) is 10.5. The molecule has 6 heteroatoms. The van der Waals surface area contributed by atoms with E-state index in [1.165, 1.54) is 24.3 Å². The van der Waals surface area contributed by atoms with Gasteiger partial charge in [0.25, 0.3) is 5.69 Å². The first-order valence-corrected chi connectivity index (χ1v) is 5.53. The topological polar surface area (TPSA) is 78.7 Å². The third kappa shape index (κ3) is 4.04. The number of non-ortho nitro benzene ring substituents is 1. The molecule has 0 unspecified atom stereocenters. The van der Waals surface area contributed by atoms with Crippen LogP contribution in [0.2, 0.25) is 0 Å². The Labute approximate surface area is 105 Å². The molecule has 0 aliphatic rings. The van der Waals surface area contributed by atoms with Gasteiger partial charge in [0, 0.05) is 12.1 Å². The van der Waals surface area contributed by atoms with Gasteiger partial charge in [0.2, 0.25) is 0 Å². The van der Waals surface area contributed by atoms with E-state index in [1.54, 1.807) is 6.92 Å². The lowest BCUT2D eigenvalue weighted by molar-refractivity contribution is -0.384. The Kier molecular flexibility index (Phi) is 4.65. The largest absolute Gasteiger partial charge is 0.514 e. The fourth-order valence-electron chi connectivity index (χ4n) is 1.04. The summed E-state index contributed by atoms with van der Waals surface area (Å²) in [5, 5.41) is 10.4. The van der Waals surface area contributed by atoms with Gasteiger partial charge in [-0.2, -0.15) is 0 Å². The van der Waals surface area contributed by atoms with Crippen molar-refractivity contribution in [2.75, 3.05) is 0 Å². The molecule has 0 spiro atoms. The van der Waals surface area contributed by atoms with Gasteiger partial charge < -0.3 is 9.47 Å². The average molecular weight is 253 g/mol. The molecule has 98 valence electrons. The quantitative estimate of drug-likeness (QED) is 0.356. The number of benzene rings is 1. The summed E-state index contributed by atoms with van der Waals surface area (Å²) in [4.78, 5) is 21.3. The van der Waals surface area contributed by atoms with Crippen LogP contribution in [0, 0.1) is 16.0 Å². The average Bonchev–Trinajstić information content (AvgIpc) is 2.29. The van der Waals surface area contributed by atoms with E-state index in [2.05, 4.69) is 0 Å². The third-order valence-corrected chi connectivity index (χ3v) is 2.47. The number of carbonyl (C=O) groups is 1. The molecule has 0 bridgehead atoms. The molecule has 0 amide bonds. The lowest BCUT2D eigenvalue weighted by Gasteiger charge is -2.15. The number of hydrogen-bond donors (Lipinski definition) is 0. The van der Waals surface area contributed by atoms with Crippen LogP contribution in [-0.4, -0.2) is 17.2 Å². The van der Waals surface area contributed by atoms with E-state index in [9.17, 15) is 14.9 Å². The minimum atomic E-state index is -0.815. The van der Waals surface area contributed by atoms with Crippen molar-refractivity contribution >= 4 is 11.8 Å². The molecule has 1 aromatic carbocycles. The second-order valence-corrected chi connectivity index (χ2v) is 4.17. The van der Waals surface area contributed by atoms with E-state index in [0.29, 0.717) is 0 Å². The van der Waals surface area contributed by atoms with Gasteiger partial charge in [0.1, 0.15) is 11.9 Å². The van der Waals surface area contributed by atoms with Crippen molar-refractivity contribution in [2.45, 2.75) is 26.9 Å². The molecule has 18 heavy (non-hydrogen) atoms. The second-order valence-electron chi connectivity index (χ2n) is 4.17. The highest BCUT2D eigenvalue weighted by molar-refractivity contribution is 5.64. The van der Waals surface area contributed by atoms with E-state index < -0.39 is 11.1 Å². The first kappa shape index (κ1) is 14.0. The van der Waals surface area contributed by atoms with Crippen LogP contribution in [0.3, 0.4) is 0 Å². The van der Waals surface area contributed by atoms with Gasteiger partial charge in [-0.15, -0.1) is 0 Å². The minimum absolute atomic E-state index is 0.0636. The number of ether oxygens (including phenoxy) is 2. The zero-order valence-corrected chi connectivity index (χ0v) is 10.5. The Morgan fingerprint density at radius 2 is 1.78 bits per heavy atom. The van der Waals surface area contributed by atoms with Gasteiger partial charge in [-0.25, -0.2) is 4.79 Å². The van der Waals surface area contributed by atoms with Crippen LogP contribution in [-0.2, 0) is 4.74 Å². The molecule has 0 N–H and O–H groups in total. The van der Waals surface area contributed by atoms with Crippen LogP contribution < -0.4 is 4.74 Å². The maximum atomic E-state index is 11.4. The molecular weight excluding hydrogens is 238 g/mol. The van der Waals surface area contributed by atoms with Crippen molar-refractivity contribution in [3.8, 4) is 5.75 Å². The number of nitro groups is 1. The smallest absolute Gasteiger partial charge is 0.431 e. The van der Waals surface area contributed by atoms with Crippen molar-refractivity contribution in [1.82, 2.24) is 0 Å². The Bertz CT molecular complexity index is 427. The van der Waals surface area contributed by atoms with Crippen LogP contribution in [0.15, 0.2) is 24.3 Å². The lowest BCUT2D eigenvalue weighted by Crippen LogP contribution is -2.22. The molecule has 0 fully saturated rings. The van der Waals surface area contributed by atoms with Gasteiger partial charge in [0.15, 0.2) is 0 Å². The lowest BCUT2D eigenvalue weighted by atomic mass is 10.1. The van der Waals surface area contributed by atoms with E-state index in [-0.39, 0.29) is 23.5 Å². The summed E-state index contributed by atoms with van der Waals surface area (Å²) < 4.78 is 9.88. The van der Waals surface area contributed by atoms with Crippen molar-refractivity contribution in [3.63, 3.8) is 0 Å². The predicted molar refractivity (Wildman–Crippen MR) is 64.5 cm³/mol. The standard InChI is InChI=1S/C12H15NO5/c1-8(2)9(3)17-12(14)18-11-6-4-10(5-7-11)13(15)16/h4-9H,1-3H3/t9-/m1/s1. The number of rotatable bonds is 4. The second kappa shape index (κ2) is 6.00.